The predicted octanol–water partition coefficient (Wildman–Crippen LogP) is 1.91. The molecule has 1 aromatic carbocycles. The van der Waals surface area contributed by atoms with Crippen LogP contribution in [0, 0.1) is 18.4 Å². The molecule has 0 radical (unpaired) electrons. The summed E-state index contributed by atoms with van der Waals surface area (Å²) in [6.07, 6.45) is 2.07. The van der Waals surface area contributed by atoms with Crippen molar-refractivity contribution >= 4 is 0 Å². The molecule has 0 spiro atoms. The second-order valence-electron chi connectivity index (χ2n) is 2.95. The summed E-state index contributed by atoms with van der Waals surface area (Å²) in [5, 5.41) is 8.54. The summed E-state index contributed by atoms with van der Waals surface area (Å²) < 4.78 is 0. The molecule has 0 fully saturated rings. The largest absolute Gasteiger partial charge is 0.309 e. The smallest absolute Gasteiger partial charge is 0.179 e. The average molecular weight is 160 g/mol. The number of aryl methyl sites for hydroxylation is 1. The Morgan fingerprint density at radius 2 is 2.25 bits per heavy atom. The van der Waals surface area contributed by atoms with Gasteiger partial charge in [0.2, 0.25) is 0 Å². The van der Waals surface area contributed by atoms with Crippen LogP contribution in [0.1, 0.15) is 11.1 Å². The maximum atomic E-state index is 8.54. The van der Waals surface area contributed by atoms with Crippen molar-refractivity contribution in [2.75, 3.05) is 7.05 Å². The van der Waals surface area contributed by atoms with E-state index >= 15 is 0 Å². The molecule has 12 heavy (non-hydrogen) atoms. The number of benzene rings is 1. The normalized spacial score (nSPS) is 9.08. The zero-order valence-electron chi connectivity index (χ0n) is 7.41. The van der Waals surface area contributed by atoms with Crippen LogP contribution in [-0.2, 0) is 6.54 Å². The summed E-state index contributed by atoms with van der Waals surface area (Å²) in [5.74, 6) is 0. The van der Waals surface area contributed by atoms with Crippen molar-refractivity contribution in [1.82, 2.24) is 4.90 Å². The van der Waals surface area contributed by atoms with Crippen LogP contribution in [0.2, 0.25) is 0 Å². The minimum Gasteiger partial charge on any atom is -0.309 e. The number of nitrogens with zero attached hydrogens (tertiary/aromatic N) is 2. The van der Waals surface area contributed by atoms with Gasteiger partial charge in [0.05, 0.1) is 6.54 Å². The van der Waals surface area contributed by atoms with Gasteiger partial charge in [-0.25, -0.2) is 0 Å². The van der Waals surface area contributed by atoms with Crippen LogP contribution in [0.3, 0.4) is 0 Å². The van der Waals surface area contributed by atoms with Crippen LogP contribution in [0.5, 0.6) is 0 Å². The van der Waals surface area contributed by atoms with E-state index < -0.39 is 0 Å². The molecule has 2 heteroatoms. The van der Waals surface area contributed by atoms with Gasteiger partial charge in [-0.2, -0.15) is 5.26 Å². The fourth-order valence-corrected chi connectivity index (χ4v) is 1.12. The second-order valence-corrected chi connectivity index (χ2v) is 2.95. The van der Waals surface area contributed by atoms with Crippen LogP contribution >= 0.6 is 0 Å². The molecule has 0 heterocycles. The van der Waals surface area contributed by atoms with E-state index in [1.54, 1.807) is 11.9 Å². The lowest BCUT2D eigenvalue weighted by molar-refractivity contribution is 0.469. The zero-order valence-corrected chi connectivity index (χ0v) is 7.41. The van der Waals surface area contributed by atoms with Gasteiger partial charge >= 0.3 is 0 Å². The van der Waals surface area contributed by atoms with Crippen molar-refractivity contribution in [3.8, 4) is 6.19 Å². The third-order valence-corrected chi connectivity index (χ3v) is 1.67. The molecule has 1 rings (SSSR count). The Hall–Kier alpha value is -1.49. The third kappa shape index (κ3) is 2.28. The molecule has 0 N–H and O–H groups in total. The Morgan fingerprint density at radius 3 is 2.83 bits per heavy atom. The average Bonchev–Trinajstić information content (AvgIpc) is 2.04. The number of hydrogen-bond donors (Lipinski definition) is 0. The second kappa shape index (κ2) is 3.77. The highest BCUT2D eigenvalue weighted by atomic mass is 15.1. The first-order valence-electron chi connectivity index (χ1n) is 3.89. The van der Waals surface area contributed by atoms with Gasteiger partial charge in [0.1, 0.15) is 0 Å². The van der Waals surface area contributed by atoms with E-state index in [1.165, 1.54) is 11.1 Å². The van der Waals surface area contributed by atoms with Crippen molar-refractivity contribution in [2.45, 2.75) is 13.5 Å². The summed E-state index contributed by atoms with van der Waals surface area (Å²) >= 11 is 0. The first-order valence-corrected chi connectivity index (χ1v) is 3.89. The van der Waals surface area contributed by atoms with Gasteiger partial charge in [0.15, 0.2) is 6.19 Å². The highest BCUT2D eigenvalue weighted by Gasteiger charge is 1.95. The van der Waals surface area contributed by atoms with Gasteiger partial charge in [0, 0.05) is 7.05 Å². The summed E-state index contributed by atoms with van der Waals surface area (Å²) in [5.41, 5.74) is 2.41. The third-order valence-electron chi connectivity index (χ3n) is 1.67. The van der Waals surface area contributed by atoms with Gasteiger partial charge in [0.25, 0.3) is 0 Å². The van der Waals surface area contributed by atoms with Crippen LogP contribution in [-0.4, -0.2) is 11.9 Å². The molecule has 0 aliphatic rings. The first-order chi connectivity index (χ1) is 5.72. The summed E-state index contributed by atoms with van der Waals surface area (Å²) in [6, 6.07) is 8.18. The Kier molecular flexibility index (Phi) is 2.71. The molecular weight excluding hydrogens is 148 g/mol. The van der Waals surface area contributed by atoms with Gasteiger partial charge < -0.3 is 4.90 Å². The molecule has 0 atom stereocenters. The van der Waals surface area contributed by atoms with Crippen LogP contribution in [0.25, 0.3) is 0 Å². The topological polar surface area (TPSA) is 27.0 Å². The maximum absolute atomic E-state index is 8.54. The molecular formula is C10H12N2. The molecule has 0 aliphatic heterocycles. The van der Waals surface area contributed by atoms with Crippen LogP contribution in [0.4, 0.5) is 0 Å². The quantitative estimate of drug-likeness (QED) is 0.488. The number of nitriles is 1. The highest BCUT2D eigenvalue weighted by Crippen LogP contribution is 2.05. The predicted molar refractivity (Wildman–Crippen MR) is 48.3 cm³/mol. The molecule has 62 valence electrons. The lowest BCUT2D eigenvalue weighted by Gasteiger charge is -2.08. The van der Waals surface area contributed by atoms with E-state index in [9.17, 15) is 0 Å². The SMILES string of the molecule is Cc1cccc(CN(C)C#N)c1. The van der Waals surface area contributed by atoms with Gasteiger partial charge in [-0.05, 0) is 12.5 Å². The Morgan fingerprint density at radius 1 is 1.50 bits per heavy atom. The molecule has 1 aromatic rings. The fourth-order valence-electron chi connectivity index (χ4n) is 1.12. The molecule has 0 aliphatic carbocycles. The van der Waals surface area contributed by atoms with Crippen LogP contribution in [0.15, 0.2) is 24.3 Å². The van der Waals surface area contributed by atoms with E-state index in [4.69, 9.17) is 5.26 Å². The Balaban J connectivity index is 2.71. The van der Waals surface area contributed by atoms with Gasteiger partial charge in [-0.1, -0.05) is 29.8 Å². The minimum absolute atomic E-state index is 0.693. The monoisotopic (exact) mass is 160 g/mol. The molecule has 0 bridgehead atoms. The Bertz CT molecular complexity index is 299. The van der Waals surface area contributed by atoms with Crippen molar-refractivity contribution < 1.29 is 0 Å². The van der Waals surface area contributed by atoms with Crippen molar-refractivity contribution in [3.63, 3.8) is 0 Å². The summed E-state index contributed by atoms with van der Waals surface area (Å²) in [4.78, 5) is 1.61. The molecule has 0 unspecified atom stereocenters. The first kappa shape index (κ1) is 8.61. The van der Waals surface area contributed by atoms with Gasteiger partial charge in [-0.15, -0.1) is 0 Å². The van der Waals surface area contributed by atoms with E-state index in [0.717, 1.165) is 0 Å². The molecule has 2 nitrogen and oxygen atoms in total. The lowest BCUT2D eigenvalue weighted by Crippen LogP contribution is -2.09. The van der Waals surface area contributed by atoms with Crippen molar-refractivity contribution in [1.29, 1.82) is 5.26 Å². The zero-order chi connectivity index (χ0) is 8.97. The van der Waals surface area contributed by atoms with Crippen molar-refractivity contribution in [3.05, 3.63) is 35.4 Å². The summed E-state index contributed by atoms with van der Waals surface area (Å²) in [7, 11) is 1.78. The molecule has 0 saturated heterocycles. The molecule has 0 amide bonds. The van der Waals surface area contributed by atoms with E-state index in [-0.39, 0.29) is 0 Å². The van der Waals surface area contributed by atoms with E-state index in [0.29, 0.717) is 6.54 Å². The highest BCUT2D eigenvalue weighted by molar-refractivity contribution is 5.22. The van der Waals surface area contributed by atoms with E-state index in [1.807, 2.05) is 12.1 Å². The minimum atomic E-state index is 0.693. The maximum Gasteiger partial charge on any atom is 0.179 e. The molecule has 0 aromatic heterocycles. The van der Waals surface area contributed by atoms with E-state index in [2.05, 4.69) is 25.2 Å². The fraction of sp³-hybridized carbons (Fsp3) is 0.300. The van der Waals surface area contributed by atoms with Gasteiger partial charge in [-0.3, -0.25) is 0 Å². The number of hydrogen-bond acceptors (Lipinski definition) is 2. The summed E-state index contributed by atoms with van der Waals surface area (Å²) in [6.45, 7) is 2.74. The van der Waals surface area contributed by atoms with Crippen molar-refractivity contribution in [2.24, 2.45) is 0 Å². The Labute approximate surface area is 73.0 Å². The number of rotatable bonds is 2. The standard InChI is InChI=1S/C10H12N2/c1-9-4-3-5-10(6-9)7-12(2)8-11/h3-6H,7H2,1-2H3. The lowest BCUT2D eigenvalue weighted by atomic mass is 10.1. The van der Waals surface area contributed by atoms with Crippen LogP contribution < -0.4 is 0 Å². The molecule has 0 saturated carbocycles.